The van der Waals surface area contributed by atoms with Crippen molar-refractivity contribution >= 4 is 27.7 Å². The van der Waals surface area contributed by atoms with Crippen LogP contribution in [0.5, 0.6) is 0 Å². The van der Waals surface area contributed by atoms with Gasteiger partial charge in [-0.05, 0) is 24.6 Å². The SMILES string of the molecule is C[C@@H](N)c1ccc(Sc2cnccn2)cc1Br. The number of hydrogen-bond donors (Lipinski definition) is 1. The minimum atomic E-state index is 0.0277. The molecule has 0 aliphatic carbocycles. The van der Waals surface area contributed by atoms with E-state index in [-0.39, 0.29) is 6.04 Å². The van der Waals surface area contributed by atoms with E-state index in [0.29, 0.717) is 0 Å². The van der Waals surface area contributed by atoms with Gasteiger partial charge in [0.2, 0.25) is 0 Å². The summed E-state index contributed by atoms with van der Waals surface area (Å²) >= 11 is 5.11. The van der Waals surface area contributed by atoms with Crippen LogP contribution < -0.4 is 5.73 Å². The van der Waals surface area contributed by atoms with E-state index in [4.69, 9.17) is 5.73 Å². The third-order valence-electron chi connectivity index (χ3n) is 2.22. The molecule has 1 heterocycles. The molecule has 1 atom stereocenters. The fourth-order valence-electron chi connectivity index (χ4n) is 1.40. The lowest BCUT2D eigenvalue weighted by molar-refractivity contribution is 0.811. The molecule has 0 bridgehead atoms. The largest absolute Gasteiger partial charge is 0.324 e. The molecular formula is C12H12BrN3S. The van der Waals surface area contributed by atoms with Crippen LogP contribution >= 0.6 is 27.7 Å². The van der Waals surface area contributed by atoms with Crippen LogP contribution in [0.4, 0.5) is 0 Å². The lowest BCUT2D eigenvalue weighted by Gasteiger charge is -2.09. The van der Waals surface area contributed by atoms with Crippen molar-refractivity contribution in [2.75, 3.05) is 0 Å². The van der Waals surface area contributed by atoms with E-state index in [9.17, 15) is 0 Å². The molecular weight excluding hydrogens is 298 g/mol. The smallest absolute Gasteiger partial charge is 0.119 e. The van der Waals surface area contributed by atoms with E-state index in [1.807, 2.05) is 19.1 Å². The summed E-state index contributed by atoms with van der Waals surface area (Å²) in [6.45, 7) is 1.97. The van der Waals surface area contributed by atoms with Crippen molar-refractivity contribution in [2.24, 2.45) is 5.73 Å². The van der Waals surface area contributed by atoms with Crippen LogP contribution in [0.25, 0.3) is 0 Å². The first-order chi connectivity index (χ1) is 8.16. The van der Waals surface area contributed by atoms with Gasteiger partial charge in [-0.15, -0.1) is 0 Å². The van der Waals surface area contributed by atoms with E-state index in [1.165, 1.54) is 0 Å². The third-order valence-corrected chi connectivity index (χ3v) is 3.82. The number of rotatable bonds is 3. The Kier molecular flexibility index (Phi) is 4.15. The van der Waals surface area contributed by atoms with Gasteiger partial charge in [0, 0.05) is 27.8 Å². The lowest BCUT2D eigenvalue weighted by Crippen LogP contribution is -2.05. The van der Waals surface area contributed by atoms with Gasteiger partial charge in [0.05, 0.1) is 6.20 Å². The highest BCUT2D eigenvalue weighted by Gasteiger charge is 2.06. The molecule has 0 saturated carbocycles. The van der Waals surface area contributed by atoms with Gasteiger partial charge in [0.1, 0.15) is 5.03 Å². The van der Waals surface area contributed by atoms with Crippen LogP contribution in [0, 0.1) is 0 Å². The summed E-state index contributed by atoms with van der Waals surface area (Å²) < 4.78 is 1.03. The van der Waals surface area contributed by atoms with Crippen LogP contribution in [0.1, 0.15) is 18.5 Å². The average Bonchev–Trinajstić information content (AvgIpc) is 2.30. The fourth-order valence-corrected chi connectivity index (χ4v) is 3.07. The molecule has 0 aliphatic heterocycles. The highest BCUT2D eigenvalue weighted by atomic mass is 79.9. The van der Waals surface area contributed by atoms with Crippen LogP contribution in [-0.4, -0.2) is 9.97 Å². The minimum Gasteiger partial charge on any atom is -0.324 e. The topological polar surface area (TPSA) is 51.8 Å². The summed E-state index contributed by atoms with van der Waals surface area (Å²) in [6.07, 6.45) is 5.10. The first kappa shape index (κ1) is 12.5. The third kappa shape index (κ3) is 3.28. The lowest BCUT2D eigenvalue weighted by atomic mass is 10.1. The Balaban J connectivity index is 2.21. The Hall–Kier alpha value is -0.910. The maximum atomic E-state index is 5.86. The Bertz CT molecular complexity index is 502. The molecule has 0 fully saturated rings. The van der Waals surface area contributed by atoms with Gasteiger partial charge in [-0.2, -0.15) is 0 Å². The summed E-state index contributed by atoms with van der Waals surface area (Å²) in [7, 11) is 0. The Labute approximate surface area is 113 Å². The molecule has 1 aromatic heterocycles. The molecule has 2 rings (SSSR count). The monoisotopic (exact) mass is 309 g/mol. The molecule has 5 heteroatoms. The van der Waals surface area contributed by atoms with Gasteiger partial charge in [0.25, 0.3) is 0 Å². The number of nitrogens with zero attached hydrogens (tertiary/aromatic N) is 2. The molecule has 0 radical (unpaired) electrons. The molecule has 0 amide bonds. The molecule has 0 aliphatic rings. The zero-order valence-electron chi connectivity index (χ0n) is 9.30. The number of halogens is 1. The molecule has 2 aromatic rings. The first-order valence-corrected chi connectivity index (χ1v) is 6.76. The molecule has 0 saturated heterocycles. The predicted molar refractivity (Wildman–Crippen MR) is 72.9 cm³/mol. The van der Waals surface area contributed by atoms with Gasteiger partial charge < -0.3 is 5.73 Å². The van der Waals surface area contributed by atoms with Gasteiger partial charge in [-0.1, -0.05) is 33.8 Å². The zero-order valence-corrected chi connectivity index (χ0v) is 11.7. The minimum absolute atomic E-state index is 0.0277. The van der Waals surface area contributed by atoms with Crippen molar-refractivity contribution in [3.8, 4) is 0 Å². The standard InChI is InChI=1S/C12H12BrN3S/c1-8(14)10-3-2-9(6-11(10)13)17-12-7-15-4-5-16-12/h2-8H,14H2,1H3/t8-/m1/s1. The summed E-state index contributed by atoms with van der Waals surface area (Å²) in [5, 5.41) is 0.882. The maximum Gasteiger partial charge on any atom is 0.119 e. The van der Waals surface area contributed by atoms with Crippen LogP contribution in [0.15, 0.2) is 51.2 Å². The molecule has 0 unspecified atom stereocenters. The molecule has 2 N–H and O–H groups in total. The number of nitrogens with two attached hydrogens (primary N) is 1. The quantitative estimate of drug-likeness (QED) is 0.944. The molecule has 1 aromatic carbocycles. The molecule has 0 spiro atoms. The second-order valence-corrected chi connectivity index (χ2v) is 5.57. The first-order valence-electron chi connectivity index (χ1n) is 5.15. The number of hydrogen-bond acceptors (Lipinski definition) is 4. The highest BCUT2D eigenvalue weighted by Crippen LogP contribution is 2.31. The Morgan fingerprint density at radius 1 is 1.35 bits per heavy atom. The number of benzene rings is 1. The Morgan fingerprint density at radius 2 is 2.18 bits per heavy atom. The van der Waals surface area contributed by atoms with Crippen LogP contribution in [0.2, 0.25) is 0 Å². The predicted octanol–water partition coefficient (Wildman–Crippen LogP) is 3.41. The summed E-state index contributed by atoms with van der Waals surface area (Å²) in [4.78, 5) is 9.37. The van der Waals surface area contributed by atoms with Crippen molar-refractivity contribution in [3.05, 3.63) is 46.8 Å². The summed E-state index contributed by atoms with van der Waals surface area (Å²) in [5.41, 5.74) is 6.96. The van der Waals surface area contributed by atoms with Gasteiger partial charge >= 0.3 is 0 Å². The van der Waals surface area contributed by atoms with Gasteiger partial charge in [0.15, 0.2) is 0 Å². The van der Waals surface area contributed by atoms with Crippen LogP contribution in [0.3, 0.4) is 0 Å². The van der Waals surface area contributed by atoms with Gasteiger partial charge in [-0.3, -0.25) is 4.98 Å². The maximum absolute atomic E-state index is 5.86. The van der Waals surface area contributed by atoms with E-state index in [2.05, 4.69) is 32.0 Å². The fraction of sp³-hybridized carbons (Fsp3) is 0.167. The van der Waals surface area contributed by atoms with Crippen molar-refractivity contribution < 1.29 is 0 Å². The zero-order chi connectivity index (χ0) is 12.3. The van der Waals surface area contributed by atoms with Crippen molar-refractivity contribution in [2.45, 2.75) is 22.9 Å². The van der Waals surface area contributed by atoms with Crippen LogP contribution in [-0.2, 0) is 0 Å². The van der Waals surface area contributed by atoms with E-state index < -0.39 is 0 Å². The van der Waals surface area contributed by atoms with Crippen molar-refractivity contribution in [1.29, 1.82) is 0 Å². The average molecular weight is 310 g/mol. The summed E-state index contributed by atoms with van der Waals surface area (Å²) in [5.74, 6) is 0. The Morgan fingerprint density at radius 3 is 2.76 bits per heavy atom. The van der Waals surface area contributed by atoms with Crippen molar-refractivity contribution in [1.82, 2.24) is 9.97 Å². The molecule has 17 heavy (non-hydrogen) atoms. The van der Waals surface area contributed by atoms with E-state index in [1.54, 1.807) is 30.4 Å². The number of aromatic nitrogens is 2. The molecule has 88 valence electrons. The van der Waals surface area contributed by atoms with Crippen molar-refractivity contribution in [3.63, 3.8) is 0 Å². The van der Waals surface area contributed by atoms with E-state index in [0.717, 1.165) is 20.0 Å². The molecule has 3 nitrogen and oxygen atoms in total. The summed E-state index contributed by atoms with van der Waals surface area (Å²) in [6, 6.07) is 6.16. The van der Waals surface area contributed by atoms with Gasteiger partial charge in [-0.25, -0.2) is 4.98 Å². The second kappa shape index (κ2) is 5.62. The highest BCUT2D eigenvalue weighted by molar-refractivity contribution is 9.10. The second-order valence-electron chi connectivity index (χ2n) is 3.62. The van der Waals surface area contributed by atoms with E-state index >= 15 is 0 Å². The normalized spacial score (nSPS) is 12.4.